The minimum Gasteiger partial charge on any atom is -0.360 e. The molecular formula is C23H14N4O2. The van der Waals surface area contributed by atoms with Gasteiger partial charge in [-0.1, -0.05) is 42.5 Å². The summed E-state index contributed by atoms with van der Waals surface area (Å²) in [6, 6.07) is 21.1. The van der Waals surface area contributed by atoms with Crippen molar-refractivity contribution in [3.8, 4) is 11.4 Å². The first kappa shape index (κ1) is 15.8. The SMILES string of the molecule is O=[N+]([O-])c1ccc2c3ccccc3c3[nH]c(-c4c[nH]c5ccccc45)nc3c2c1. The summed E-state index contributed by atoms with van der Waals surface area (Å²) < 4.78 is 0. The summed E-state index contributed by atoms with van der Waals surface area (Å²) in [4.78, 5) is 22.6. The minimum atomic E-state index is -0.367. The molecule has 4 aromatic carbocycles. The molecule has 29 heavy (non-hydrogen) atoms. The molecule has 6 aromatic rings. The van der Waals surface area contributed by atoms with Crippen molar-refractivity contribution in [3.05, 3.63) is 83.0 Å². The van der Waals surface area contributed by atoms with Crippen LogP contribution in [0, 0.1) is 10.1 Å². The van der Waals surface area contributed by atoms with E-state index in [1.54, 1.807) is 12.1 Å². The van der Waals surface area contributed by atoms with Gasteiger partial charge in [-0.25, -0.2) is 4.98 Å². The van der Waals surface area contributed by atoms with E-state index in [1.807, 2.05) is 48.7 Å². The van der Waals surface area contributed by atoms with Crippen molar-refractivity contribution in [2.24, 2.45) is 0 Å². The second kappa shape index (κ2) is 5.65. The molecule has 6 heteroatoms. The number of non-ortho nitro benzene ring substituents is 1. The van der Waals surface area contributed by atoms with Crippen LogP contribution in [0.15, 0.2) is 72.9 Å². The van der Waals surface area contributed by atoms with Crippen LogP contribution in [0.5, 0.6) is 0 Å². The first-order chi connectivity index (χ1) is 14.2. The number of hydrogen-bond acceptors (Lipinski definition) is 3. The van der Waals surface area contributed by atoms with Gasteiger partial charge < -0.3 is 9.97 Å². The Morgan fingerprint density at radius 1 is 0.828 bits per heavy atom. The van der Waals surface area contributed by atoms with Gasteiger partial charge in [-0.3, -0.25) is 10.1 Å². The Kier molecular flexibility index (Phi) is 3.09. The van der Waals surface area contributed by atoms with Gasteiger partial charge in [0.15, 0.2) is 0 Å². The molecule has 0 saturated carbocycles. The van der Waals surface area contributed by atoms with Gasteiger partial charge >= 0.3 is 0 Å². The highest BCUT2D eigenvalue weighted by Crippen LogP contribution is 2.37. The molecule has 6 nitrogen and oxygen atoms in total. The monoisotopic (exact) mass is 378 g/mol. The number of nitrogens with one attached hydrogen (secondary N) is 2. The number of nitro benzene ring substituents is 1. The van der Waals surface area contributed by atoms with Crippen molar-refractivity contribution in [2.45, 2.75) is 0 Å². The van der Waals surface area contributed by atoms with Crippen LogP contribution in [0.1, 0.15) is 0 Å². The maximum atomic E-state index is 11.4. The lowest BCUT2D eigenvalue weighted by Gasteiger charge is -2.05. The molecule has 0 fully saturated rings. The minimum absolute atomic E-state index is 0.0609. The molecule has 2 heterocycles. The molecule has 0 aliphatic carbocycles. The van der Waals surface area contributed by atoms with E-state index in [2.05, 4.69) is 22.1 Å². The molecular weight excluding hydrogens is 364 g/mol. The number of hydrogen-bond donors (Lipinski definition) is 2. The Balaban J connectivity index is 1.76. The highest BCUT2D eigenvalue weighted by molar-refractivity contribution is 6.24. The summed E-state index contributed by atoms with van der Waals surface area (Å²) in [6.45, 7) is 0. The Bertz CT molecular complexity index is 1590. The Hall–Kier alpha value is -4.19. The Morgan fingerprint density at radius 2 is 1.55 bits per heavy atom. The topological polar surface area (TPSA) is 87.6 Å². The van der Waals surface area contributed by atoms with E-state index in [-0.39, 0.29) is 10.6 Å². The third-order valence-corrected chi connectivity index (χ3v) is 5.50. The van der Waals surface area contributed by atoms with Crippen molar-refractivity contribution in [1.29, 1.82) is 0 Å². The van der Waals surface area contributed by atoms with Crippen LogP contribution >= 0.6 is 0 Å². The quantitative estimate of drug-likeness (QED) is 0.222. The number of benzene rings is 4. The normalized spacial score (nSPS) is 11.7. The average Bonchev–Trinajstić information content (AvgIpc) is 3.38. The Morgan fingerprint density at radius 3 is 2.38 bits per heavy atom. The fraction of sp³-hybridized carbons (Fsp3) is 0. The number of para-hydroxylation sites is 1. The van der Waals surface area contributed by atoms with E-state index < -0.39 is 0 Å². The molecule has 0 radical (unpaired) electrons. The molecule has 138 valence electrons. The van der Waals surface area contributed by atoms with Crippen LogP contribution < -0.4 is 0 Å². The van der Waals surface area contributed by atoms with Gasteiger partial charge in [0.25, 0.3) is 5.69 Å². The summed E-state index contributed by atoms with van der Waals surface area (Å²) >= 11 is 0. The van der Waals surface area contributed by atoms with Crippen LogP contribution in [0.25, 0.3) is 54.9 Å². The predicted molar refractivity (Wildman–Crippen MR) is 115 cm³/mol. The molecule has 0 saturated heterocycles. The third kappa shape index (κ3) is 2.20. The second-order valence-electron chi connectivity index (χ2n) is 7.09. The van der Waals surface area contributed by atoms with Crippen LogP contribution in [0.4, 0.5) is 5.69 Å². The predicted octanol–water partition coefficient (Wildman–Crippen LogP) is 5.93. The maximum absolute atomic E-state index is 11.4. The van der Waals surface area contributed by atoms with Crippen LogP contribution in [-0.2, 0) is 0 Å². The number of fused-ring (bicyclic) bond motifs is 7. The number of H-pyrrole nitrogens is 2. The first-order valence-electron chi connectivity index (χ1n) is 9.26. The lowest BCUT2D eigenvalue weighted by Crippen LogP contribution is -1.88. The molecule has 0 aliphatic heterocycles. The third-order valence-electron chi connectivity index (χ3n) is 5.50. The molecule has 2 N–H and O–H groups in total. The van der Waals surface area contributed by atoms with Crippen molar-refractivity contribution in [3.63, 3.8) is 0 Å². The van der Waals surface area contributed by atoms with E-state index >= 15 is 0 Å². The zero-order valence-corrected chi connectivity index (χ0v) is 15.1. The number of rotatable bonds is 2. The highest BCUT2D eigenvalue weighted by Gasteiger charge is 2.17. The summed E-state index contributed by atoms with van der Waals surface area (Å²) in [5.41, 5.74) is 3.69. The van der Waals surface area contributed by atoms with E-state index in [0.717, 1.165) is 54.9 Å². The second-order valence-corrected chi connectivity index (χ2v) is 7.09. The number of imidazole rings is 1. The maximum Gasteiger partial charge on any atom is 0.270 e. The molecule has 2 aromatic heterocycles. The fourth-order valence-corrected chi connectivity index (χ4v) is 4.17. The zero-order chi connectivity index (χ0) is 19.5. The van der Waals surface area contributed by atoms with Gasteiger partial charge in [-0.2, -0.15) is 0 Å². The smallest absolute Gasteiger partial charge is 0.270 e. The van der Waals surface area contributed by atoms with Gasteiger partial charge in [0, 0.05) is 45.6 Å². The van der Waals surface area contributed by atoms with Gasteiger partial charge in [0.2, 0.25) is 0 Å². The number of nitro groups is 1. The van der Waals surface area contributed by atoms with Crippen molar-refractivity contribution >= 4 is 49.2 Å². The summed E-state index contributed by atoms with van der Waals surface area (Å²) in [6.07, 6.45) is 1.94. The molecule has 0 spiro atoms. The standard InChI is InChI=1S/C23H14N4O2/c28-27(29)13-9-10-15-14-5-1-2-7-17(14)21-22(18(15)11-13)26-23(25-21)19-12-24-20-8-4-3-6-16(19)20/h1-12,24H,(H,25,26). The lowest BCUT2D eigenvalue weighted by atomic mass is 9.99. The van der Waals surface area contributed by atoms with E-state index in [0.29, 0.717) is 0 Å². The van der Waals surface area contributed by atoms with Crippen LogP contribution in [0.2, 0.25) is 0 Å². The Labute approximate surface area is 164 Å². The molecule has 0 amide bonds. The van der Waals surface area contributed by atoms with E-state index in [9.17, 15) is 10.1 Å². The molecule has 0 atom stereocenters. The van der Waals surface area contributed by atoms with Gasteiger partial charge in [-0.15, -0.1) is 0 Å². The number of aromatic nitrogens is 3. The van der Waals surface area contributed by atoms with Gasteiger partial charge in [0.05, 0.1) is 16.0 Å². The fourth-order valence-electron chi connectivity index (χ4n) is 4.17. The van der Waals surface area contributed by atoms with E-state index in [4.69, 9.17) is 4.98 Å². The largest absolute Gasteiger partial charge is 0.360 e. The highest BCUT2D eigenvalue weighted by atomic mass is 16.6. The lowest BCUT2D eigenvalue weighted by molar-refractivity contribution is -0.384. The van der Waals surface area contributed by atoms with Crippen molar-refractivity contribution in [2.75, 3.05) is 0 Å². The summed E-state index contributed by atoms with van der Waals surface area (Å²) in [7, 11) is 0. The van der Waals surface area contributed by atoms with Gasteiger partial charge in [-0.05, 0) is 22.9 Å². The number of nitrogens with zero attached hydrogens (tertiary/aromatic N) is 2. The van der Waals surface area contributed by atoms with Crippen molar-refractivity contribution < 1.29 is 4.92 Å². The van der Waals surface area contributed by atoms with E-state index in [1.165, 1.54) is 0 Å². The van der Waals surface area contributed by atoms with Crippen LogP contribution in [0.3, 0.4) is 0 Å². The molecule has 6 rings (SSSR count). The zero-order valence-electron chi connectivity index (χ0n) is 15.1. The van der Waals surface area contributed by atoms with Crippen LogP contribution in [-0.4, -0.2) is 19.9 Å². The molecule has 0 bridgehead atoms. The number of aromatic amines is 2. The van der Waals surface area contributed by atoms with Crippen molar-refractivity contribution in [1.82, 2.24) is 15.0 Å². The molecule has 0 unspecified atom stereocenters. The summed E-state index contributed by atoms with van der Waals surface area (Å²) in [5.74, 6) is 0.738. The van der Waals surface area contributed by atoms with Gasteiger partial charge in [0.1, 0.15) is 5.82 Å². The summed E-state index contributed by atoms with van der Waals surface area (Å²) in [5, 5.41) is 16.2. The average molecular weight is 378 g/mol. The first-order valence-corrected chi connectivity index (χ1v) is 9.26. The molecule has 0 aliphatic rings.